The summed E-state index contributed by atoms with van der Waals surface area (Å²) in [4.78, 5) is 7.89. The molecule has 0 atom stereocenters. The second kappa shape index (κ2) is 18.1. The molecule has 0 fully saturated rings. The second-order valence-electron chi connectivity index (χ2n) is 27.5. The van der Waals surface area contributed by atoms with Crippen LogP contribution in [0.3, 0.4) is 0 Å². The van der Waals surface area contributed by atoms with Gasteiger partial charge in [-0.25, -0.2) is 0 Å². The van der Waals surface area contributed by atoms with Crippen molar-refractivity contribution >= 4 is 74.0 Å². The Kier molecular flexibility index (Phi) is 12.0. The van der Waals surface area contributed by atoms with Gasteiger partial charge in [-0.05, 0) is 192 Å². The van der Waals surface area contributed by atoms with Crippen molar-refractivity contribution in [3.8, 4) is 22.3 Å². The lowest BCUT2D eigenvalue weighted by Gasteiger charge is -2.47. The van der Waals surface area contributed by atoms with Gasteiger partial charge < -0.3 is 14.6 Å². The Morgan fingerprint density at radius 3 is 1.58 bits per heavy atom. The van der Waals surface area contributed by atoms with Crippen LogP contribution in [0.15, 0.2) is 176 Å². The maximum atomic E-state index is 2.71. The molecule has 0 saturated heterocycles. The zero-order valence-electron chi connectivity index (χ0n) is 49.1. The van der Waals surface area contributed by atoms with Crippen molar-refractivity contribution in [2.45, 2.75) is 144 Å². The monoisotopic (exact) mass is 1020 g/mol. The van der Waals surface area contributed by atoms with E-state index in [1.807, 2.05) is 0 Å². The van der Waals surface area contributed by atoms with E-state index < -0.39 is 0 Å². The van der Waals surface area contributed by atoms with Crippen molar-refractivity contribution in [1.29, 1.82) is 0 Å². The Morgan fingerprint density at radius 2 is 0.987 bits per heavy atom. The van der Waals surface area contributed by atoms with E-state index >= 15 is 0 Å². The van der Waals surface area contributed by atoms with E-state index in [1.54, 1.807) is 0 Å². The third-order valence-electron chi connectivity index (χ3n) is 18.0. The van der Waals surface area contributed by atoms with Gasteiger partial charge in [-0.2, -0.15) is 0 Å². The molecule has 2 aliphatic heterocycles. The molecule has 4 heteroatoms. The molecule has 3 aliphatic rings. The van der Waals surface area contributed by atoms with Gasteiger partial charge in [0.2, 0.25) is 0 Å². The summed E-state index contributed by atoms with van der Waals surface area (Å²) in [5.41, 5.74) is 26.7. The standard InChI is InChI=1S/C74H78BN3/c1-47-20-16-18-22-58(47)50-43-61-60-38-24-49-21-17-19-23-59(49)69(60)78(56-35-29-53(30-36-56)72(9,10)11)75-64-39-37-57(76(54-31-25-51(26-32-54)70(3,4)5)55-33-27-52(28-34-55)71(6,7)8)45-66(64)77(67(44-50)68(61)75)65-46-63-62(42-48(65)2)73(12,13)40-41-74(63,14)15/h16-39,42-46H,40-41H2,1-15H3. The average Bonchev–Trinajstić information content (AvgIpc) is 1.93. The highest BCUT2D eigenvalue weighted by Gasteiger charge is 2.47. The minimum atomic E-state index is -0.168. The summed E-state index contributed by atoms with van der Waals surface area (Å²) in [5.74, 6) is 0. The number of hydrogen-bond donors (Lipinski definition) is 0. The predicted molar refractivity (Wildman–Crippen MR) is 339 cm³/mol. The number of fused-ring (bicyclic) bond motifs is 7. The molecule has 392 valence electrons. The molecule has 0 radical (unpaired) electrons. The van der Waals surface area contributed by atoms with Gasteiger partial charge in [-0.3, -0.25) is 0 Å². The normalized spacial score (nSPS) is 15.4. The van der Waals surface area contributed by atoms with Gasteiger partial charge in [0.05, 0.1) is 0 Å². The van der Waals surface area contributed by atoms with Crippen LogP contribution >= 0.6 is 0 Å². The van der Waals surface area contributed by atoms with Crippen LogP contribution in [-0.4, -0.2) is 6.85 Å². The van der Waals surface area contributed by atoms with Crippen molar-refractivity contribution in [2.24, 2.45) is 0 Å². The van der Waals surface area contributed by atoms with E-state index in [1.165, 1.54) is 118 Å². The van der Waals surface area contributed by atoms with Crippen LogP contribution in [0.4, 0.5) is 45.5 Å². The SMILES string of the molecule is Cc1ccccc1-c1cc2c3c(c1)N(c1cc4c(cc1C)C(C)(C)CCC4(C)C)c1cc(N(c4ccc(C(C)(C)C)cc4)c4ccc(C(C)(C)C)cc4)ccc1B3N(c1ccc(C(C)(C)C)cc1)c1c-2ccc2ccccc12. The van der Waals surface area contributed by atoms with Gasteiger partial charge >= 0.3 is 6.85 Å². The van der Waals surface area contributed by atoms with Crippen LogP contribution in [0, 0.1) is 13.8 Å². The molecule has 9 aromatic carbocycles. The molecule has 0 bridgehead atoms. The molecule has 0 spiro atoms. The highest BCUT2D eigenvalue weighted by Crippen LogP contribution is 2.54. The molecule has 0 aromatic heterocycles. The Bertz CT molecular complexity index is 3760. The minimum Gasteiger partial charge on any atom is -0.376 e. The fourth-order valence-electron chi connectivity index (χ4n) is 13.2. The predicted octanol–water partition coefficient (Wildman–Crippen LogP) is 19.5. The van der Waals surface area contributed by atoms with Crippen molar-refractivity contribution in [1.82, 2.24) is 0 Å². The summed E-state index contributed by atoms with van der Waals surface area (Å²) in [7, 11) is 0. The van der Waals surface area contributed by atoms with Crippen molar-refractivity contribution < 1.29 is 0 Å². The van der Waals surface area contributed by atoms with Crippen molar-refractivity contribution in [2.75, 3.05) is 14.6 Å². The van der Waals surface area contributed by atoms with Crippen molar-refractivity contribution in [3.05, 3.63) is 215 Å². The number of rotatable bonds is 6. The Labute approximate surface area is 467 Å². The molecular formula is C74H78BN3. The second-order valence-corrected chi connectivity index (χ2v) is 27.5. The van der Waals surface area contributed by atoms with Crippen LogP contribution in [0.2, 0.25) is 0 Å². The van der Waals surface area contributed by atoms with Crippen LogP contribution in [-0.2, 0) is 27.1 Å². The summed E-state index contributed by atoms with van der Waals surface area (Å²) >= 11 is 0. The van der Waals surface area contributed by atoms with E-state index in [-0.39, 0.29) is 33.9 Å². The molecule has 0 N–H and O–H groups in total. The first-order valence-corrected chi connectivity index (χ1v) is 28.7. The van der Waals surface area contributed by atoms with Gasteiger partial charge in [0.15, 0.2) is 0 Å². The molecule has 9 aromatic rings. The van der Waals surface area contributed by atoms with Crippen LogP contribution in [0.25, 0.3) is 33.0 Å². The fourth-order valence-corrected chi connectivity index (χ4v) is 13.2. The summed E-state index contributed by atoms with van der Waals surface area (Å²) < 4.78 is 0. The Hall–Kier alpha value is -7.30. The largest absolute Gasteiger partial charge is 0.376 e. The molecule has 0 saturated carbocycles. The fraction of sp³-hybridized carbons (Fsp3) is 0.297. The number of hydrogen-bond acceptors (Lipinski definition) is 3. The van der Waals surface area contributed by atoms with Crippen LogP contribution in [0.5, 0.6) is 0 Å². The molecule has 0 unspecified atom stereocenters. The topological polar surface area (TPSA) is 9.72 Å². The smallest absolute Gasteiger partial charge is 0.333 e. The van der Waals surface area contributed by atoms with Crippen LogP contribution in [0.1, 0.15) is 142 Å². The maximum Gasteiger partial charge on any atom is 0.333 e. The molecular weight excluding hydrogens is 942 g/mol. The van der Waals surface area contributed by atoms with Crippen LogP contribution < -0.4 is 25.5 Å². The molecule has 0 amide bonds. The van der Waals surface area contributed by atoms with Gasteiger partial charge in [-0.15, -0.1) is 0 Å². The number of nitrogens with zero attached hydrogens (tertiary/aromatic N) is 3. The lowest BCUT2D eigenvalue weighted by Crippen LogP contribution is -2.61. The van der Waals surface area contributed by atoms with Gasteiger partial charge in [0, 0.05) is 56.4 Å². The lowest BCUT2D eigenvalue weighted by atomic mass is 9.43. The lowest BCUT2D eigenvalue weighted by molar-refractivity contribution is 0.332. The maximum absolute atomic E-state index is 2.71. The van der Waals surface area contributed by atoms with Gasteiger partial charge in [-0.1, -0.05) is 199 Å². The molecule has 2 heterocycles. The number of anilines is 8. The van der Waals surface area contributed by atoms with Gasteiger partial charge in [0.25, 0.3) is 0 Å². The first-order valence-electron chi connectivity index (χ1n) is 28.7. The van der Waals surface area contributed by atoms with E-state index in [0.717, 1.165) is 23.5 Å². The summed E-state index contributed by atoms with van der Waals surface area (Å²) in [6.07, 6.45) is 2.31. The summed E-state index contributed by atoms with van der Waals surface area (Å²) in [6.45, 7) is 35.1. The van der Waals surface area contributed by atoms with E-state index in [2.05, 4.69) is 294 Å². The minimum absolute atomic E-state index is 0.00395. The van der Waals surface area contributed by atoms with Crippen molar-refractivity contribution in [3.63, 3.8) is 0 Å². The van der Waals surface area contributed by atoms with Gasteiger partial charge in [0.1, 0.15) is 0 Å². The average molecular weight is 1020 g/mol. The highest BCUT2D eigenvalue weighted by molar-refractivity contribution is 6.94. The summed E-state index contributed by atoms with van der Waals surface area (Å²) in [6, 6.07) is 68.5. The molecule has 12 rings (SSSR count). The van der Waals surface area contributed by atoms with E-state index in [4.69, 9.17) is 0 Å². The first-order chi connectivity index (χ1) is 36.9. The third-order valence-corrected chi connectivity index (χ3v) is 18.0. The zero-order chi connectivity index (χ0) is 55.0. The number of aryl methyl sites for hydroxylation is 2. The number of benzene rings is 9. The molecule has 78 heavy (non-hydrogen) atoms. The quantitative estimate of drug-likeness (QED) is 0.154. The van der Waals surface area contributed by atoms with E-state index in [0.29, 0.717) is 0 Å². The Morgan fingerprint density at radius 1 is 0.449 bits per heavy atom. The Balaban J connectivity index is 1.21. The first kappa shape index (κ1) is 51.5. The summed E-state index contributed by atoms with van der Waals surface area (Å²) in [5, 5.41) is 2.49. The van der Waals surface area contributed by atoms with E-state index in [9.17, 15) is 0 Å². The molecule has 1 aliphatic carbocycles. The third kappa shape index (κ3) is 8.57. The zero-order valence-corrected chi connectivity index (χ0v) is 49.1. The molecule has 3 nitrogen and oxygen atoms in total. The highest BCUT2D eigenvalue weighted by atomic mass is 15.2.